The van der Waals surface area contributed by atoms with E-state index in [-0.39, 0.29) is 12.3 Å². The monoisotopic (exact) mass is 368 g/mol. The molecule has 2 N–H and O–H groups in total. The number of benzene rings is 2. The van der Waals surface area contributed by atoms with Gasteiger partial charge in [-0.3, -0.25) is 4.79 Å². The molecular weight excluding hydrogens is 344 g/mol. The van der Waals surface area contributed by atoms with E-state index in [1.807, 2.05) is 44.3 Å². The van der Waals surface area contributed by atoms with E-state index in [9.17, 15) is 4.79 Å². The predicted molar refractivity (Wildman–Crippen MR) is 106 cm³/mol. The number of hydrogen-bond donors (Lipinski definition) is 2. The van der Waals surface area contributed by atoms with Crippen molar-refractivity contribution in [3.05, 3.63) is 47.2 Å². The normalized spacial score (nSPS) is 10.7. The summed E-state index contributed by atoms with van der Waals surface area (Å²) < 4.78 is 16.4. The summed E-state index contributed by atoms with van der Waals surface area (Å²) in [5, 5.41) is 3.80. The fourth-order valence-corrected chi connectivity index (χ4v) is 3.20. The zero-order chi connectivity index (χ0) is 19.6. The molecule has 0 unspecified atom stereocenters. The minimum absolute atomic E-state index is 0.0959. The molecule has 27 heavy (non-hydrogen) atoms. The smallest absolute Gasteiger partial charge is 0.228 e. The molecule has 0 fully saturated rings. The topological polar surface area (TPSA) is 72.6 Å². The number of nitrogens with one attached hydrogen (secondary N) is 2. The first-order chi connectivity index (χ1) is 13.0. The number of methoxy groups -OCH3 is 3. The van der Waals surface area contributed by atoms with Crippen LogP contribution in [0.1, 0.15) is 16.7 Å². The van der Waals surface area contributed by atoms with Gasteiger partial charge in [0.25, 0.3) is 0 Å². The van der Waals surface area contributed by atoms with Crippen LogP contribution in [-0.4, -0.2) is 32.2 Å². The Hall–Kier alpha value is -3.15. The average molecular weight is 368 g/mol. The first-order valence-electron chi connectivity index (χ1n) is 8.64. The van der Waals surface area contributed by atoms with Gasteiger partial charge in [-0.05, 0) is 36.6 Å². The maximum Gasteiger partial charge on any atom is 0.228 e. The third kappa shape index (κ3) is 3.56. The fraction of sp³-hybridized carbons (Fsp3) is 0.286. The Labute approximate surface area is 158 Å². The van der Waals surface area contributed by atoms with E-state index in [0.29, 0.717) is 17.2 Å². The zero-order valence-electron chi connectivity index (χ0n) is 16.2. The Bertz CT molecular complexity index is 992. The maximum absolute atomic E-state index is 12.6. The predicted octanol–water partition coefficient (Wildman–Crippen LogP) is 3.99. The molecule has 0 aliphatic rings. The van der Waals surface area contributed by atoms with Gasteiger partial charge in [0.1, 0.15) is 0 Å². The lowest BCUT2D eigenvalue weighted by atomic mass is 10.1. The van der Waals surface area contributed by atoms with Gasteiger partial charge in [0, 0.05) is 23.3 Å². The Kier molecular flexibility index (Phi) is 5.26. The van der Waals surface area contributed by atoms with Crippen molar-refractivity contribution < 1.29 is 19.0 Å². The van der Waals surface area contributed by atoms with Gasteiger partial charge in [-0.2, -0.15) is 0 Å². The highest BCUT2D eigenvalue weighted by Crippen LogP contribution is 2.44. The van der Waals surface area contributed by atoms with Crippen LogP contribution in [0.15, 0.2) is 30.5 Å². The van der Waals surface area contributed by atoms with Crippen LogP contribution in [0.3, 0.4) is 0 Å². The van der Waals surface area contributed by atoms with Crippen LogP contribution in [0.2, 0.25) is 0 Å². The summed E-state index contributed by atoms with van der Waals surface area (Å²) in [6.07, 6.45) is 2.02. The largest absolute Gasteiger partial charge is 0.493 e. The summed E-state index contributed by atoms with van der Waals surface area (Å²) >= 11 is 0. The van der Waals surface area contributed by atoms with E-state index in [0.717, 1.165) is 33.3 Å². The van der Waals surface area contributed by atoms with E-state index >= 15 is 0 Å². The van der Waals surface area contributed by atoms with E-state index < -0.39 is 0 Å². The average Bonchev–Trinajstić information content (AvgIpc) is 3.05. The van der Waals surface area contributed by atoms with E-state index in [1.54, 1.807) is 21.3 Å². The molecule has 0 saturated carbocycles. The van der Waals surface area contributed by atoms with Gasteiger partial charge >= 0.3 is 0 Å². The number of ether oxygens (including phenoxy) is 3. The zero-order valence-corrected chi connectivity index (χ0v) is 16.2. The number of H-pyrrole nitrogens is 1. The highest BCUT2D eigenvalue weighted by molar-refractivity contribution is 5.99. The van der Waals surface area contributed by atoms with Crippen LogP contribution in [0.25, 0.3) is 10.9 Å². The number of aromatic nitrogens is 1. The molecule has 0 spiro atoms. The Morgan fingerprint density at radius 2 is 1.78 bits per heavy atom. The van der Waals surface area contributed by atoms with Gasteiger partial charge in [-0.15, -0.1) is 0 Å². The molecule has 142 valence electrons. The summed E-state index contributed by atoms with van der Waals surface area (Å²) in [7, 11) is 4.71. The molecule has 1 amide bonds. The second kappa shape index (κ2) is 7.61. The second-order valence-electron chi connectivity index (χ2n) is 6.43. The number of carbonyl (C=O) groups is 1. The summed E-state index contributed by atoms with van der Waals surface area (Å²) in [5.74, 6) is 1.52. The molecule has 1 heterocycles. The first-order valence-corrected chi connectivity index (χ1v) is 8.64. The molecule has 0 atom stereocenters. The number of fused-ring (bicyclic) bond motifs is 1. The number of aromatic amines is 1. The minimum Gasteiger partial charge on any atom is -0.493 e. The van der Waals surface area contributed by atoms with Crippen molar-refractivity contribution in [2.45, 2.75) is 20.3 Å². The fourth-order valence-electron chi connectivity index (χ4n) is 3.20. The second-order valence-corrected chi connectivity index (χ2v) is 6.43. The number of anilines is 1. The van der Waals surface area contributed by atoms with Gasteiger partial charge in [0.05, 0.1) is 33.3 Å². The minimum atomic E-state index is -0.0959. The number of aryl methyl sites for hydroxylation is 2. The van der Waals surface area contributed by atoms with Gasteiger partial charge in [0.2, 0.25) is 11.7 Å². The molecule has 0 bridgehead atoms. The van der Waals surface area contributed by atoms with Gasteiger partial charge in [0.15, 0.2) is 11.5 Å². The van der Waals surface area contributed by atoms with Crippen LogP contribution in [0.5, 0.6) is 17.2 Å². The van der Waals surface area contributed by atoms with Crippen LogP contribution in [-0.2, 0) is 11.2 Å². The Morgan fingerprint density at radius 3 is 2.44 bits per heavy atom. The summed E-state index contributed by atoms with van der Waals surface area (Å²) in [6.45, 7) is 3.97. The summed E-state index contributed by atoms with van der Waals surface area (Å²) in [5.41, 5.74) is 4.59. The van der Waals surface area contributed by atoms with Crippen LogP contribution >= 0.6 is 0 Å². The molecule has 6 heteroatoms. The standard InChI is InChI=1S/C21H24N2O4/c1-12-6-7-13(2)15(8-12)23-18(24)9-14-11-22-16-10-17(25-3)20(26-4)21(27-5)19(14)16/h6-8,10-11,22H,9H2,1-5H3,(H,23,24). The Balaban J connectivity index is 1.95. The van der Waals surface area contributed by atoms with E-state index in [1.165, 1.54) is 0 Å². The molecular formula is C21H24N2O4. The molecule has 0 aliphatic heterocycles. The SMILES string of the molecule is COc1cc2[nH]cc(CC(=O)Nc3cc(C)ccc3C)c2c(OC)c1OC. The highest BCUT2D eigenvalue weighted by Gasteiger charge is 2.21. The quantitative estimate of drug-likeness (QED) is 0.690. The van der Waals surface area contributed by atoms with Gasteiger partial charge in [-0.25, -0.2) is 0 Å². The van der Waals surface area contributed by atoms with Gasteiger partial charge < -0.3 is 24.5 Å². The van der Waals surface area contributed by atoms with Crippen LogP contribution < -0.4 is 19.5 Å². The van der Waals surface area contributed by atoms with Crippen LogP contribution in [0.4, 0.5) is 5.69 Å². The van der Waals surface area contributed by atoms with Crippen LogP contribution in [0, 0.1) is 13.8 Å². The lowest BCUT2D eigenvalue weighted by Gasteiger charge is -2.14. The lowest BCUT2D eigenvalue weighted by Crippen LogP contribution is -2.15. The third-order valence-electron chi connectivity index (χ3n) is 4.57. The van der Waals surface area contributed by atoms with E-state index in [4.69, 9.17) is 14.2 Å². The van der Waals surface area contributed by atoms with Crippen molar-refractivity contribution in [2.24, 2.45) is 0 Å². The van der Waals surface area contributed by atoms with E-state index in [2.05, 4.69) is 10.3 Å². The molecule has 0 saturated heterocycles. The number of rotatable bonds is 6. The van der Waals surface area contributed by atoms with Crippen molar-refractivity contribution in [1.29, 1.82) is 0 Å². The third-order valence-corrected chi connectivity index (χ3v) is 4.57. The molecule has 3 aromatic rings. The molecule has 0 aliphatic carbocycles. The summed E-state index contributed by atoms with van der Waals surface area (Å²) in [6, 6.07) is 7.83. The Morgan fingerprint density at radius 1 is 1.04 bits per heavy atom. The highest BCUT2D eigenvalue weighted by atomic mass is 16.5. The number of amides is 1. The van der Waals surface area contributed by atoms with Crippen molar-refractivity contribution in [1.82, 2.24) is 4.98 Å². The molecule has 3 rings (SSSR count). The molecule has 2 aromatic carbocycles. The van der Waals surface area contributed by atoms with Crippen molar-refractivity contribution in [2.75, 3.05) is 26.6 Å². The summed E-state index contributed by atoms with van der Waals surface area (Å²) in [4.78, 5) is 15.8. The maximum atomic E-state index is 12.6. The lowest BCUT2D eigenvalue weighted by molar-refractivity contribution is -0.115. The van der Waals surface area contributed by atoms with Crippen molar-refractivity contribution >= 4 is 22.5 Å². The van der Waals surface area contributed by atoms with Crippen molar-refractivity contribution in [3.63, 3.8) is 0 Å². The molecule has 0 radical (unpaired) electrons. The number of hydrogen-bond acceptors (Lipinski definition) is 4. The van der Waals surface area contributed by atoms with Gasteiger partial charge in [-0.1, -0.05) is 12.1 Å². The molecule has 1 aromatic heterocycles. The first kappa shape index (κ1) is 18.6. The number of carbonyl (C=O) groups excluding carboxylic acids is 1. The molecule has 6 nitrogen and oxygen atoms in total. The van der Waals surface area contributed by atoms with Crippen molar-refractivity contribution in [3.8, 4) is 17.2 Å².